The Kier molecular flexibility index (Phi) is 4.86. The van der Waals surface area contributed by atoms with Crippen LogP contribution in [0.1, 0.15) is 45.4 Å². The van der Waals surface area contributed by atoms with E-state index in [1.165, 1.54) is 0 Å². The summed E-state index contributed by atoms with van der Waals surface area (Å²) in [7, 11) is 0. The highest BCUT2D eigenvalue weighted by molar-refractivity contribution is 5.78. The van der Waals surface area contributed by atoms with E-state index in [-0.39, 0.29) is 24.7 Å². The lowest BCUT2D eigenvalue weighted by Crippen LogP contribution is -2.49. The maximum Gasteiger partial charge on any atom is 0.315 e. The molecule has 0 aromatic rings. The van der Waals surface area contributed by atoms with Crippen molar-refractivity contribution in [2.24, 2.45) is 5.41 Å². The predicted octanol–water partition coefficient (Wildman–Crippen LogP) is 1.50. The molecule has 6 heteroatoms. The molecule has 0 aromatic carbocycles. The average Bonchev–Trinajstić information content (AvgIpc) is 3.08. The van der Waals surface area contributed by atoms with E-state index in [0.717, 1.165) is 32.3 Å². The minimum atomic E-state index is -0.803. The van der Waals surface area contributed by atoms with Crippen molar-refractivity contribution in [2.45, 2.75) is 57.6 Å². The third kappa shape index (κ3) is 3.42. The molecule has 1 heterocycles. The third-order valence-electron chi connectivity index (χ3n) is 4.48. The van der Waals surface area contributed by atoms with Crippen LogP contribution in [0.2, 0.25) is 0 Å². The zero-order chi connectivity index (χ0) is 14.6. The molecule has 20 heavy (non-hydrogen) atoms. The van der Waals surface area contributed by atoms with Gasteiger partial charge >= 0.3 is 12.0 Å². The van der Waals surface area contributed by atoms with Crippen molar-refractivity contribution < 1.29 is 19.4 Å². The van der Waals surface area contributed by atoms with E-state index in [0.29, 0.717) is 12.8 Å². The second-order valence-corrected chi connectivity index (χ2v) is 5.96. The van der Waals surface area contributed by atoms with Crippen molar-refractivity contribution in [2.75, 3.05) is 13.2 Å². The fraction of sp³-hybridized carbons (Fsp3) is 0.857. The number of hydrogen-bond acceptors (Lipinski definition) is 3. The van der Waals surface area contributed by atoms with Crippen LogP contribution in [0.5, 0.6) is 0 Å². The molecule has 1 saturated carbocycles. The number of rotatable bonds is 5. The average molecular weight is 284 g/mol. The van der Waals surface area contributed by atoms with Crippen LogP contribution in [0.25, 0.3) is 0 Å². The standard InChI is InChI=1S/C14H24N2O4/c1-10(11-5-4-8-20-11)16-13(19)15-9-14(12(17)18)6-2-3-7-14/h10-11H,2-9H2,1H3,(H,17,18)(H2,15,16,19). The van der Waals surface area contributed by atoms with Gasteiger partial charge in [-0.05, 0) is 32.6 Å². The highest BCUT2D eigenvalue weighted by atomic mass is 16.5. The number of urea groups is 1. The van der Waals surface area contributed by atoms with Gasteiger partial charge in [-0.2, -0.15) is 0 Å². The first kappa shape index (κ1) is 15.1. The fourth-order valence-electron chi connectivity index (χ4n) is 3.12. The second kappa shape index (κ2) is 6.43. The number of carbonyl (C=O) groups is 2. The molecule has 1 saturated heterocycles. The molecular weight excluding hydrogens is 260 g/mol. The molecule has 2 fully saturated rings. The minimum Gasteiger partial charge on any atom is -0.481 e. The smallest absolute Gasteiger partial charge is 0.315 e. The van der Waals surface area contributed by atoms with E-state index < -0.39 is 11.4 Å². The Morgan fingerprint density at radius 2 is 2.05 bits per heavy atom. The van der Waals surface area contributed by atoms with Gasteiger partial charge in [0.05, 0.1) is 17.6 Å². The fourth-order valence-corrected chi connectivity index (χ4v) is 3.12. The molecule has 2 unspecified atom stereocenters. The molecule has 2 rings (SSSR count). The van der Waals surface area contributed by atoms with Crippen LogP contribution in [0.4, 0.5) is 4.79 Å². The number of carboxylic acid groups (broad SMARTS) is 1. The van der Waals surface area contributed by atoms with Gasteiger partial charge in [0.1, 0.15) is 0 Å². The van der Waals surface area contributed by atoms with Gasteiger partial charge in [0.2, 0.25) is 0 Å². The molecular formula is C14H24N2O4. The molecule has 1 aliphatic carbocycles. The third-order valence-corrected chi connectivity index (χ3v) is 4.48. The van der Waals surface area contributed by atoms with Crippen molar-refractivity contribution in [3.63, 3.8) is 0 Å². The first-order valence-corrected chi connectivity index (χ1v) is 7.43. The molecule has 0 radical (unpaired) electrons. The number of ether oxygens (including phenoxy) is 1. The van der Waals surface area contributed by atoms with Crippen LogP contribution in [0.15, 0.2) is 0 Å². The van der Waals surface area contributed by atoms with Crippen LogP contribution < -0.4 is 10.6 Å². The van der Waals surface area contributed by atoms with Gasteiger partial charge in [0.25, 0.3) is 0 Å². The minimum absolute atomic E-state index is 0.0538. The molecule has 114 valence electrons. The van der Waals surface area contributed by atoms with Crippen LogP contribution in [-0.2, 0) is 9.53 Å². The Hall–Kier alpha value is -1.30. The number of hydrogen-bond donors (Lipinski definition) is 3. The number of amides is 2. The SMILES string of the molecule is CC(NC(=O)NCC1(C(=O)O)CCCC1)C1CCCO1. The Morgan fingerprint density at radius 3 is 2.60 bits per heavy atom. The van der Waals surface area contributed by atoms with Crippen LogP contribution in [-0.4, -0.2) is 42.4 Å². The Morgan fingerprint density at radius 1 is 1.35 bits per heavy atom. The molecule has 6 nitrogen and oxygen atoms in total. The maximum absolute atomic E-state index is 11.9. The normalized spacial score (nSPS) is 26.1. The molecule has 0 bridgehead atoms. The Labute approximate surface area is 119 Å². The molecule has 2 atom stereocenters. The van der Waals surface area contributed by atoms with Gasteiger partial charge in [0.15, 0.2) is 0 Å². The summed E-state index contributed by atoms with van der Waals surface area (Å²) in [5.74, 6) is -0.803. The van der Waals surface area contributed by atoms with Crippen LogP contribution in [0, 0.1) is 5.41 Å². The number of carbonyl (C=O) groups excluding carboxylic acids is 1. The van der Waals surface area contributed by atoms with Gasteiger partial charge in [-0.3, -0.25) is 4.79 Å². The van der Waals surface area contributed by atoms with E-state index in [9.17, 15) is 14.7 Å². The van der Waals surface area contributed by atoms with Crippen molar-refractivity contribution >= 4 is 12.0 Å². The van der Waals surface area contributed by atoms with Gasteiger partial charge in [-0.25, -0.2) is 4.79 Å². The second-order valence-electron chi connectivity index (χ2n) is 5.96. The van der Waals surface area contributed by atoms with E-state index in [4.69, 9.17) is 4.74 Å². The van der Waals surface area contributed by atoms with E-state index in [1.54, 1.807) is 0 Å². The summed E-state index contributed by atoms with van der Waals surface area (Å²) < 4.78 is 5.51. The van der Waals surface area contributed by atoms with Crippen LogP contribution in [0.3, 0.4) is 0 Å². The topological polar surface area (TPSA) is 87.7 Å². The van der Waals surface area contributed by atoms with E-state index in [2.05, 4.69) is 10.6 Å². The Bertz CT molecular complexity index is 360. The highest BCUT2D eigenvalue weighted by Gasteiger charge is 2.41. The maximum atomic E-state index is 11.9. The lowest BCUT2D eigenvalue weighted by atomic mass is 9.86. The quantitative estimate of drug-likeness (QED) is 0.714. The molecule has 2 aliphatic rings. The summed E-state index contributed by atoms with van der Waals surface area (Å²) in [6.45, 7) is 2.87. The summed E-state index contributed by atoms with van der Waals surface area (Å²) in [5.41, 5.74) is -0.773. The highest BCUT2D eigenvalue weighted by Crippen LogP contribution is 2.37. The first-order chi connectivity index (χ1) is 9.53. The molecule has 1 aliphatic heterocycles. The van der Waals surface area contributed by atoms with Gasteiger partial charge < -0.3 is 20.5 Å². The molecule has 0 aromatic heterocycles. The van der Waals surface area contributed by atoms with Crippen LogP contribution >= 0.6 is 0 Å². The number of nitrogens with one attached hydrogen (secondary N) is 2. The van der Waals surface area contributed by atoms with Crippen molar-refractivity contribution in [1.29, 1.82) is 0 Å². The monoisotopic (exact) mass is 284 g/mol. The largest absolute Gasteiger partial charge is 0.481 e. The number of aliphatic carboxylic acids is 1. The molecule has 0 spiro atoms. The number of carboxylic acids is 1. The van der Waals surface area contributed by atoms with Gasteiger partial charge in [0, 0.05) is 13.2 Å². The van der Waals surface area contributed by atoms with E-state index in [1.807, 2.05) is 6.92 Å². The summed E-state index contributed by atoms with van der Waals surface area (Å²) in [5, 5.41) is 14.9. The van der Waals surface area contributed by atoms with Gasteiger partial charge in [-0.1, -0.05) is 12.8 Å². The lowest BCUT2D eigenvalue weighted by molar-refractivity contribution is -0.148. The molecule has 2 amide bonds. The predicted molar refractivity (Wildman–Crippen MR) is 73.5 cm³/mol. The lowest BCUT2D eigenvalue weighted by Gasteiger charge is -2.25. The zero-order valence-electron chi connectivity index (χ0n) is 12.0. The van der Waals surface area contributed by atoms with Crippen molar-refractivity contribution in [1.82, 2.24) is 10.6 Å². The summed E-state index contributed by atoms with van der Waals surface area (Å²) >= 11 is 0. The Balaban J connectivity index is 1.77. The molecule has 3 N–H and O–H groups in total. The van der Waals surface area contributed by atoms with Gasteiger partial charge in [-0.15, -0.1) is 0 Å². The first-order valence-electron chi connectivity index (χ1n) is 7.43. The summed E-state index contributed by atoms with van der Waals surface area (Å²) in [6.07, 6.45) is 5.18. The summed E-state index contributed by atoms with van der Waals surface area (Å²) in [6, 6.07) is -0.359. The summed E-state index contributed by atoms with van der Waals surface area (Å²) in [4.78, 5) is 23.2. The zero-order valence-corrected chi connectivity index (χ0v) is 12.0. The van der Waals surface area contributed by atoms with E-state index >= 15 is 0 Å². The van der Waals surface area contributed by atoms with Crippen molar-refractivity contribution in [3.05, 3.63) is 0 Å². The van der Waals surface area contributed by atoms with Crippen molar-refractivity contribution in [3.8, 4) is 0 Å².